The SMILES string of the molecule is CCOc1ccc(COc2ccc3c(c2)OCC(CN2CCC(C(=O)O)CC2)=C3)cc1C(F)(F)F.Cl. The van der Waals surface area contributed by atoms with Crippen LogP contribution in [0.3, 0.4) is 0 Å². The Labute approximate surface area is 214 Å². The van der Waals surface area contributed by atoms with Gasteiger partial charge in [-0.15, -0.1) is 12.4 Å². The number of piperidine rings is 1. The molecule has 2 aliphatic rings. The Morgan fingerprint density at radius 1 is 1.14 bits per heavy atom. The van der Waals surface area contributed by atoms with E-state index in [-0.39, 0.29) is 37.3 Å². The molecular formula is C26H29ClF3NO5. The molecule has 1 fully saturated rings. The third-order valence-corrected chi connectivity index (χ3v) is 6.18. The Balaban J connectivity index is 0.00000361. The van der Waals surface area contributed by atoms with Gasteiger partial charge in [-0.2, -0.15) is 13.2 Å². The van der Waals surface area contributed by atoms with E-state index in [9.17, 15) is 18.0 Å². The zero-order valence-corrected chi connectivity index (χ0v) is 20.7. The third kappa shape index (κ3) is 6.85. The van der Waals surface area contributed by atoms with E-state index in [1.54, 1.807) is 25.1 Å². The zero-order valence-electron chi connectivity index (χ0n) is 19.8. The van der Waals surface area contributed by atoms with E-state index >= 15 is 0 Å². The molecule has 4 rings (SSSR count). The lowest BCUT2D eigenvalue weighted by atomic mass is 9.96. The maximum atomic E-state index is 13.4. The molecule has 0 spiro atoms. The second-order valence-corrected chi connectivity index (χ2v) is 8.73. The Morgan fingerprint density at radius 3 is 2.56 bits per heavy atom. The van der Waals surface area contributed by atoms with Crippen molar-refractivity contribution in [2.45, 2.75) is 32.5 Å². The number of carbonyl (C=O) groups is 1. The standard InChI is InChI=1S/C26H28F3NO5.ClH/c1-2-33-23-6-3-17(12-22(23)26(27,28)29)15-34-21-5-4-20-11-18(16-35-24(20)13-21)14-30-9-7-19(8-10-30)25(31)32;/h3-6,11-13,19H,2,7-10,14-16H2,1H3,(H,31,32);1H. The molecule has 2 aliphatic heterocycles. The van der Waals surface area contributed by atoms with Crippen molar-refractivity contribution < 1.29 is 37.3 Å². The Kier molecular flexibility index (Phi) is 9.13. The summed E-state index contributed by atoms with van der Waals surface area (Å²) in [6, 6.07) is 9.29. The van der Waals surface area contributed by atoms with Crippen molar-refractivity contribution in [3.05, 3.63) is 58.7 Å². The van der Waals surface area contributed by atoms with Crippen LogP contribution in [0.25, 0.3) is 6.08 Å². The highest BCUT2D eigenvalue weighted by molar-refractivity contribution is 5.85. The van der Waals surface area contributed by atoms with Crippen LogP contribution >= 0.6 is 12.4 Å². The number of aliphatic carboxylic acids is 1. The van der Waals surface area contributed by atoms with E-state index in [2.05, 4.69) is 11.0 Å². The molecule has 196 valence electrons. The predicted molar refractivity (Wildman–Crippen MR) is 131 cm³/mol. The highest BCUT2D eigenvalue weighted by Crippen LogP contribution is 2.37. The Morgan fingerprint density at radius 2 is 1.89 bits per heavy atom. The van der Waals surface area contributed by atoms with Crippen LogP contribution in [0.1, 0.15) is 36.5 Å². The number of nitrogens with zero attached hydrogens (tertiary/aromatic N) is 1. The fourth-order valence-corrected chi connectivity index (χ4v) is 4.33. The lowest BCUT2D eigenvalue weighted by molar-refractivity contribution is -0.143. The molecular weight excluding hydrogens is 499 g/mol. The molecule has 0 unspecified atom stereocenters. The highest BCUT2D eigenvalue weighted by Gasteiger charge is 2.34. The molecule has 10 heteroatoms. The second kappa shape index (κ2) is 11.9. The lowest BCUT2D eigenvalue weighted by Gasteiger charge is -2.31. The van der Waals surface area contributed by atoms with Gasteiger partial charge in [-0.3, -0.25) is 9.69 Å². The van der Waals surface area contributed by atoms with Gasteiger partial charge in [0.05, 0.1) is 18.1 Å². The molecule has 0 bridgehead atoms. The number of alkyl halides is 3. The van der Waals surface area contributed by atoms with Crippen LogP contribution in [0.2, 0.25) is 0 Å². The molecule has 36 heavy (non-hydrogen) atoms. The summed E-state index contributed by atoms with van der Waals surface area (Å²) >= 11 is 0. The molecule has 0 aromatic heterocycles. The first-order chi connectivity index (χ1) is 16.7. The Hall–Kier alpha value is -2.91. The van der Waals surface area contributed by atoms with Gasteiger partial charge in [-0.25, -0.2) is 0 Å². The first kappa shape index (κ1) is 27.7. The maximum absolute atomic E-state index is 13.4. The predicted octanol–water partition coefficient (Wildman–Crippen LogP) is 5.68. The van der Waals surface area contributed by atoms with Crippen LogP contribution < -0.4 is 14.2 Å². The molecule has 1 saturated heterocycles. The summed E-state index contributed by atoms with van der Waals surface area (Å²) in [7, 11) is 0. The summed E-state index contributed by atoms with van der Waals surface area (Å²) in [5.41, 5.74) is 1.57. The number of rotatable bonds is 8. The fourth-order valence-electron chi connectivity index (χ4n) is 4.33. The summed E-state index contributed by atoms with van der Waals surface area (Å²) in [4.78, 5) is 13.4. The van der Waals surface area contributed by atoms with Gasteiger partial charge >= 0.3 is 12.1 Å². The van der Waals surface area contributed by atoms with Gasteiger partial charge < -0.3 is 19.3 Å². The average Bonchev–Trinajstić information content (AvgIpc) is 2.83. The van der Waals surface area contributed by atoms with Crippen molar-refractivity contribution in [3.63, 3.8) is 0 Å². The summed E-state index contributed by atoms with van der Waals surface area (Å²) in [5, 5.41) is 9.15. The largest absolute Gasteiger partial charge is 0.493 e. The number of hydrogen-bond donors (Lipinski definition) is 1. The van der Waals surface area contributed by atoms with Gasteiger partial charge in [0.1, 0.15) is 30.5 Å². The number of likely N-dealkylation sites (tertiary alicyclic amines) is 1. The normalized spacial score (nSPS) is 16.3. The number of halogens is 4. The third-order valence-electron chi connectivity index (χ3n) is 6.18. The van der Waals surface area contributed by atoms with E-state index in [4.69, 9.17) is 19.3 Å². The summed E-state index contributed by atoms with van der Waals surface area (Å²) in [6.45, 7) is 4.39. The molecule has 2 aromatic rings. The summed E-state index contributed by atoms with van der Waals surface area (Å²) in [5.74, 6) is -0.0261. The van der Waals surface area contributed by atoms with Crippen LogP contribution in [0.5, 0.6) is 17.2 Å². The van der Waals surface area contributed by atoms with E-state index < -0.39 is 17.7 Å². The minimum absolute atomic E-state index is 0. The molecule has 1 N–H and O–H groups in total. The summed E-state index contributed by atoms with van der Waals surface area (Å²) < 4.78 is 56.8. The number of fused-ring (bicyclic) bond motifs is 1. The first-order valence-electron chi connectivity index (χ1n) is 11.6. The maximum Gasteiger partial charge on any atom is 0.419 e. The zero-order chi connectivity index (χ0) is 25.0. The quantitative estimate of drug-likeness (QED) is 0.476. The van der Waals surface area contributed by atoms with Crippen molar-refractivity contribution >= 4 is 24.5 Å². The van der Waals surface area contributed by atoms with Gasteiger partial charge in [0.25, 0.3) is 0 Å². The van der Waals surface area contributed by atoms with Crippen molar-refractivity contribution in [1.82, 2.24) is 4.90 Å². The molecule has 0 amide bonds. The molecule has 0 saturated carbocycles. The second-order valence-electron chi connectivity index (χ2n) is 8.73. The Bertz CT molecular complexity index is 1100. The van der Waals surface area contributed by atoms with Gasteiger partial charge in [0, 0.05) is 18.2 Å². The monoisotopic (exact) mass is 527 g/mol. The number of carboxylic acids is 1. The van der Waals surface area contributed by atoms with Crippen molar-refractivity contribution in [2.24, 2.45) is 5.92 Å². The van der Waals surface area contributed by atoms with Gasteiger partial charge in [0.2, 0.25) is 0 Å². The minimum Gasteiger partial charge on any atom is -0.493 e. The first-order valence-corrected chi connectivity index (χ1v) is 11.6. The number of ether oxygens (including phenoxy) is 3. The summed E-state index contributed by atoms with van der Waals surface area (Å²) in [6.07, 6.45) is -1.15. The minimum atomic E-state index is -4.52. The molecule has 2 aromatic carbocycles. The van der Waals surface area contributed by atoms with Gasteiger partial charge in [-0.05, 0) is 74.3 Å². The van der Waals surface area contributed by atoms with Crippen molar-refractivity contribution in [3.8, 4) is 17.2 Å². The van der Waals surface area contributed by atoms with Gasteiger partial charge in [0.15, 0.2) is 0 Å². The molecule has 0 radical (unpaired) electrons. The van der Waals surface area contributed by atoms with E-state index in [0.29, 0.717) is 36.5 Å². The van der Waals surface area contributed by atoms with Crippen LogP contribution in [0.15, 0.2) is 42.0 Å². The topological polar surface area (TPSA) is 68.2 Å². The van der Waals surface area contributed by atoms with E-state index in [1.807, 2.05) is 6.07 Å². The van der Waals surface area contributed by atoms with E-state index in [0.717, 1.165) is 36.8 Å². The number of hydrogen-bond acceptors (Lipinski definition) is 5. The van der Waals surface area contributed by atoms with Crippen LogP contribution in [0, 0.1) is 5.92 Å². The molecule has 0 atom stereocenters. The van der Waals surface area contributed by atoms with Crippen LogP contribution in [-0.2, 0) is 17.6 Å². The van der Waals surface area contributed by atoms with Crippen LogP contribution in [0.4, 0.5) is 13.2 Å². The highest BCUT2D eigenvalue weighted by atomic mass is 35.5. The average molecular weight is 528 g/mol. The van der Waals surface area contributed by atoms with Gasteiger partial charge in [-0.1, -0.05) is 6.07 Å². The lowest BCUT2D eigenvalue weighted by Crippen LogP contribution is -2.38. The molecule has 0 aliphatic carbocycles. The fraction of sp³-hybridized carbons (Fsp3) is 0.423. The molecule has 2 heterocycles. The number of benzene rings is 2. The number of carboxylic acid groups (broad SMARTS) is 1. The van der Waals surface area contributed by atoms with Crippen molar-refractivity contribution in [1.29, 1.82) is 0 Å². The van der Waals surface area contributed by atoms with Crippen LogP contribution in [-0.4, -0.2) is 48.8 Å². The van der Waals surface area contributed by atoms with E-state index in [1.165, 1.54) is 6.07 Å². The smallest absolute Gasteiger partial charge is 0.419 e. The molecule has 6 nitrogen and oxygen atoms in total. The van der Waals surface area contributed by atoms with Crippen molar-refractivity contribution in [2.75, 3.05) is 32.8 Å².